The first-order valence-electron chi connectivity index (χ1n) is 8.91. The van der Waals surface area contributed by atoms with Crippen molar-refractivity contribution < 1.29 is 29.0 Å². The number of carboxylic acids is 1. The first kappa shape index (κ1) is 18.9. The van der Waals surface area contributed by atoms with E-state index in [1.165, 1.54) is 16.9 Å². The lowest BCUT2D eigenvalue weighted by atomic mass is 9.96. The van der Waals surface area contributed by atoms with Crippen LogP contribution in [0.2, 0.25) is 0 Å². The van der Waals surface area contributed by atoms with Crippen molar-refractivity contribution in [3.8, 4) is 0 Å². The molecule has 0 aliphatic carbocycles. The number of benzene rings is 1. The van der Waals surface area contributed by atoms with Crippen LogP contribution in [-0.4, -0.2) is 65.4 Å². The minimum Gasteiger partial charge on any atom is -0.481 e. The van der Waals surface area contributed by atoms with Crippen molar-refractivity contribution in [1.29, 1.82) is 0 Å². The van der Waals surface area contributed by atoms with Gasteiger partial charge in [0.25, 0.3) is 0 Å². The summed E-state index contributed by atoms with van der Waals surface area (Å²) >= 11 is 0. The lowest BCUT2D eigenvalue weighted by Gasteiger charge is -2.33. The molecule has 8 nitrogen and oxygen atoms in total. The number of hydrogen-bond donors (Lipinski definition) is 1. The van der Waals surface area contributed by atoms with Gasteiger partial charge in [-0.3, -0.25) is 14.4 Å². The van der Waals surface area contributed by atoms with Crippen LogP contribution in [0.4, 0.5) is 0 Å². The maximum atomic E-state index is 12.6. The fourth-order valence-electron chi connectivity index (χ4n) is 3.58. The zero-order valence-corrected chi connectivity index (χ0v) is 15.1. The molecule has 0 bridgehead atoms. The Bertz CT molecular complexity index is 782. The second-order valence-electron chi connectivity index (χ2n) is 6.86. The molecule has 2 aliphatic rings. The molecule has 2 heterocycles. The van der Waals surface area contributed by atoms with Crippen molar-refractivity contribution in [3.05, 3.63) is 34.9 Å². The number of fused-ring (bicyclic) bond motifs is 1. The molecule has 2 aliphatic heterocycles. The third-order valence-electron chi connectivity index (χ3n) is 5.24. The second kappa shape index (κ2) is 7.77. The Morgan fingerprint density at radius 3 is 2.30 bits per heavy atom. The molecule has 8 heteroatoms. The summed E-state index contributed by atoms with van der Waals surface area (Å²) in [5.74, 6) is -2.94. The lowest BCUT2D eigenvalue weighted by molar-refractivity contribution is -0.154. The molecule has 1 N–H and O–H groups in total. The molecule has 0 atom stereocenters. The van der Waals surface area contributed by atoms with Crippen molar-refractivity contribution in [2.24, 2.45) is 5.92 Å². The Balaban J connectivity index is 1.66. The number of carbonyl (C=O) groups excluding carboxylic acids is 3. The number of nitrogens with zero attached hydrogens (tertiary/aromatic N) is 2. The number of esters is 1. The Hall–Kier alpha value is -2.90. The number of hydrogen-bond acceptors (Lipinski definition) is 5. The molecule has 3 rings (SSSR count). The van der Waals surface area contributed by atoms with Gasteiger partial charge < -0.3 is 19.6 Å². The van der Waals surface area contributed by atoms with Crippen molar-refractivity contribution in [1.82, 2.24) is 9.80 Å². The minimum absolute atomic E-state index is 0.260. The van der Waals surface area contributed by atoms with E-state index in [1.54, 1.807) is 12.1 Å². The first-order chi connectivity index (χ1) is 12.9. The molecule has 1 aromatic carbocycles. The molecule has 1 saturated heterocycles. The van der Waals surface area contributed by atoms with Crippen LogP contribution in [0, 0.1) is 5.92 Å². The van der Waals surface area contributed by atoms with Crippen LogP contribution in [0.3, 0.4) is 0 Å². The average molecular weight is 374 g/mol. The molecule has 0 saturated carbocycles. The monoisotopic (exact) mass is 374 g/mol. The molecular formula is C19H22N2O6. The smallest absolute Gasteiger partial charge is 0.337 e. The third-order valence-corrected chi connectivity index (χ3v) is 5.24. The quantitative estimate of drug-likeness (QED) is 0.603. The van der Waals surface area contributed by atoms with E-state index in [-0.39, 0.29) is 19.6 Å². The topological polar surface area (TPSA) is 104 Å². The Morgan fingerprint density at radius 2 is 1.67 bits per heavy atom. The Morgan fingerprint density at radius 1 is 1.00 bits per heavy atom. The van der Waals surface area contributed by atoms with Gasteiger partial charge in [0.05, 0.1) is 18.6 Å². The van der Waals surface area contributed by atoms with Gasteiger partial charge in [-0.1, -0.05) is 6.07 Å². The van der Waals surface area contributed by atoms with E-state index < -0.39 is 29.7 Å². The molecule has 27 heavy (non-hydrogen) atoms. The van der Waals surface area contributed by atoms with E-state index in [2.05, 4.69) is 0 Å². The van der Waals surface area contributed by atoms with Crippen LogP contribution >= 0.6 is 0 Å². The standard InChI is InChI=1S/C19H22N2O6/c1-27-19(26)14-3-2-12-4-9-21(11-15(12)10-14)17(23)16(22)20-7-5-13(6-8-20)18(24)25/h2-3,10,13H,4-9,11H2,1H3,(H,24,25). The summed E-state index contributed by atoms with van der Waals surface area (Å²) in [6.45, 7) is 1.24. The average Bonchev–Trinajstić information content (AvgIpc) is 2.71. The summed E-state index contributed by atoms with van der Waals surface area (Å²) < 4.78 is 4.72. The molecule has 1 aromatic rings. The van der Waals surface area contributed by atoms with Crippen molar-refractivity contribution in [2.45, 2.75) is 25.8 Å². The summed E-state index contributed by atoms with van der Waals surface area (Å²) in [5.41, 5.74) is 2.28. The van der Waals surface area contributed by atoms with Crippen LogP contribution in [-0.2, 0) is 32.1 Å². The Kier molecular flexibility index (Phi) is 5.43. The van der Waals surface area contributed by atoms with Gasteiger partial charge in [-0.15, -0.1) is 0 Å². The summed E-state index contributed by atoms with van der Waals surface area (Å²) in [4.78, 5) is 50.8. The molecule has 2 amide bonds. The second-order valence-corrected chi connectivity index (χ2v) is 6.86. The van der Waals surface area contributed by atoms with Crippen LogP contribution in [0.1, 0.15) is 34.3 Å². The summed E-state index contributed by atoms with van der Waals surface area (Å²) in [6.07, 6.45) is 1.33. The third kappa shape index (κ3) is 3.94. The molecule has 0 aromatic heterocycles. The molecule has 0 unspecified atom stereocenters. The van der Waals surface area contributed by atoms with Crippen LogP contribution in [0.5, 0.6) is 0 Å². The fourth-order valence-corrected chi connectivity index (χ4v) is 3.58. The van der Waals surface area contributed by atoms with E-state index in [1.807, 2.05) is 6.07 Å². The molecular weight excluding hydrogens is 352 g/mol. The maximum absolute atomic E-state index is 12.6. The highest BCUT2D eigenvalue weighted by Gasteiger charge is 2.33. The predicted octanol–water partition coefficient (Wildman–Crippen LogP) is 0.681. The van der Waals surface area contributed by atoms with Crippen LogP contribution in [0.25, 0.3) is 0 Å². The number of piperidine rings is 1. The van der Waals surface area contributed by atoms with Gasteiger partial charge in [0, 0.05) is 26.2 Å². The van der Waals surface area contributed by atoms with Crippen LogP contribution in [0.15, 0.2) is 18.2 Å². The van der Waals surface area contributed by atoms with Crippen molar-refractivity contribution in [3.63, 3.8) is 0 Å². The number of methoxy groups -OCH3 is 1. The minimum atomic E-state index is -0.859. The van der Waals surface area contributed by atoms with Crippen molar-refractivity contribution >= 4 is 23.8 Å². The van der Waals surface area contributed by atoms with Crippen LogP contribution < -0.4 is 0 Å². The molecule has 0 radical (unpaired) electrons. The van der Waals surface area contributed by atoms with Gasteiger partial charge in [0.1, 0.15) is 0 Å². The number of carboxylic acid groups (broad SMARTS) is 1. The number of ether oxygens (including phenoxy) is 1. The highest BCUT2D eigenvalue weighted by atomic mass is 16.5. The van der Waals surface area contributed by atoms with E-state index in [4.69, 9.17) is 9.84 Å². The van der Waals surface area contributed by atoms with Gasteiger partial charge in [-0.2, -0.15) is 0 Å². The highest BCUT2D eigenvalue weighted by molar-refractivity contribution is 6.34. The van der Waals surface area contributed by atoms with E-state index in [0.29, 0.717) is 31.4 Å². The first-order valence-corrected chi connectivity index (χ1v) is 8.91. The van der Waals surface area contributed by atoms with Gasteiger partial charge in [-0.05, 0) is 42.5 Å². The van der Waals surface area contributed by atoms with Crippen molar-refractivity contribution in [2.75, 3.05) is 26.7 Å². The van der Waals surface area contributed by atoms with Gasteiger partial charge in [0.2, 0.25) is 0 Å². The Labute approximate surface area is 156 Å². The lowest BCUT2D eigenvalue weighted by Crippen LogP contribution is -2.49. The molecule has 144 valence electrons. The van der Waals surface area contributed by atoms with E-state index in [0.717, 1.165) is 11.1 Å². The van der Waals surface area contributed by atoms with E-state index in [9.17, 15) is 19.2 Å². The van der Waals surface area contributed by atoms with Gasteiger partial charge in [-0.25, -0.2) is 4.79 Å². The zero-order valence-electron chi connectivity index (χ0n) is 15.1. The van der Waals surface area contributed by atoms with Gasteiger partial charge in [0.15, 0.2) is 0 Å². The fraction of sp³-hybridized carbons (Fsp3) is 0.474. The largest absolute Gasteiger partial charge is 0.481 e. The highest BCUT2D eigenvalue weighted by Crippen LogP contribution is 2.22. The normalized spacial score (nSPS) is 17.2. The number of rotatable bonds is 2. The molecule has 0 spiro atoms. The van der Waals surface area contributed by atoms with Gasteiger partial charge >= 0.3 is 23.8 Å². The molecule has 1 fully saturated rings. The number of carbonyl (C=O) groups is 4. The number of likely N-dealkylation sites (tertiary alicyclic amines) is 1. The summed E-state index contributed by atoms with van der Waals surface area (Å²) in [7, 11) is 1.31. The summed E-state index contributed by atoms with van der Waals surface area (Å²) in [5, 5.41) is 9.04. The maximum Gasteiger partial charge on any atom is 0.337 e. The number of amides is 2. The van der Waals surface area contributed by atoms with E-state index >= 15 is 0 Å². The number of aliphatic carboxylic acids is 1. The summed E-state index contributed by atoms with van der Waals surface area (Å²) in [6, 6.07) is 5.24. The zero-order chi connectivity index (χ0) is 19.6. The SMILES string of the molecule is COC(=O)c1ccc2c(c1)CN(C(=O)C(=O)N1CCC(C(=O)O)CC1)CC2. The predicted molar refractivity (Wildman–Crippen MR) is 93.8 cm³/mol.